The number of nitrogens with zero attached hydrogens (tertiary/aromatic N) is 2. The predicted octanol–water partition coefficient (Wildman–Crippen LogP) is 4.04. The van der Waals surface area contributed by atoms with Crippen molar-refractivity contribution in [2.45, 2.75) is 13.1 Å². The summed E-state index contributed by atoms with van der Waals surface area (Å²) in [7, 11) is 2.09. The van der Waals surface area contributed by atoms with E-state index in [1.807, 2.05) is 29.6 Å². The Morgan fingerprint density at radius 1 is 1.10 bits per heavy atom. The molecule has 0 amide bonds. The van der Waals surface area contributed by atoms with Crippen LogP contribution in [-0.2, 0) is 13.1 Å². The number of thiophene rings is 1. The van der Waals surface area contributed by atoms with Crippen molar-refractivity contribution in [3.63, 3.8) is 0 Å². The lowest BCUT2D eigenvalue weighted by molar-refractivity contribution is 0.304. The Hall–Kier alpha value is -1.91. The second-order valence-corrected chi connectivity index (χ2v) is 5.77. The van der Waals surface area contributed by atoms with Crippen LogP contribution in [0.4, 0.5) is 0 Å². The molecule has 0 unspecified atom stereocenters. The van der Waals surface area contributed by atoms with E-state index in [-0.39, 0.29) is 0 Å². The smallest absolute Gasteiger partial charge is 0.177 e. The van der Waals surface area contributed by atoms with Crippen LogP contribution in [0.15, 0.2) is 58.4 Å². The second-order valence-electron chi connectivity index (χ2n) is 4.82. The normalized spacial score (nSPS) is 11.1. The van der Waals surface area contributed by atoms with Crippen molar-refractivity contribution in [2.24, 2.45) is 0 Å². The lowest BCUT2D eigenvalue weighted by Crippen LogP contribution is -2.17. The average Bonchev–Trinajstić information content (AvgIpc) is 3.10. The molecule has 0 N–H and O–H groups in total. The van der Waals surface area contributed by atoms with E-state index < -0.39 is 0 Å². The fourth-order valence-corrected chi connectivity index (χ4v) is 2.82. The first-order chi connectivity index (χ1) is 9.81. The maximum absolute atomic E-state index is 5.39. The van der Waals surface area contributed by atoms with Crippen molar-refractivity contribution in [1.82, 2.24) is 10.1 Å². The molecule has 3 aromatic rings. The van der Waals surface area contributed by atoms with Crippen LogP contribution in [0, 0.1) is 0 Å². The van der Waals surface area contributed by atoms with E-state index in [9.17, 15) is 0 Å². The van der Waals surface area contributed by atoms with Gasteiger partial charge in [0.1, 0.15) is 0 Å². The van der Waals surface area contributed by atoms with Crippen molar-refractivity contribution in [1.29, 1.82) is 0 Å². The van der Waals surface area contributed by atoms with Gasteiger partial charge in [-0.3, -0.25) is 4.90 Å². The summed E-state index contributed by atoms with van der Waals surface area (Å²) in [6, 6.07) is 16.5. The van der Waals surface area contributed by atoms with Crippen LogP contribution in [0.2, 0.25) is 0 Å². The summed E-state index contributed by atoms with van der Waals surface area (Å²) in [6.45, 7) is 1.69. The number of aromatic nitrogens is 1. The Morgan fingerprint density at radius 3 is 2.70 bits per heavy atom. The standard InChI is InChI=1S/C16H16N2OS/c1-18(11-13-6-3-2-4-7-13)12-14-10-15(19-17-14)16-8-5-9-20-16/h2-10H,11-12H2,1H3. The highest BCUT2D eigenvalue weighted by molar-refractivity contribution is 7.13. The van der Waals surface area contributed by atoms with Crippen LogP contribution in [-0.4, -0.2) is 17.1 Å². The van der Waals surface area contributed by atoms with Crippen molar-refractivity contribution in [3.05, 3.63) is 65.2 Å². The molecule has 0 fully saturated rings. The molecule has 0 saturated carbocycles. The fraction of sp³-hybridized carbons (Fsp3) is 0.188. The average molecular weight is 284 g/mol. The van der Waals surface area contributed by atoms with E-state index in [2.05, 4.69) is 41.4 Å². The van der Waals surface area contributed by atoms with Crippen LogP contribution in [0.5, 0.6) is 0 Å². The molecule has 0 bridgehead atoms. The summed E-state index contributed by atoms with van der Waals surface area (Å²) >= 11 is 1.66. The van der Waals surface area contributed by atoms with Gasteiger partial charge >= 0.3 is 0 Å². The van der Waals surface area contributed by atoms with E-state index in [1.165, 1.54) is 5.56 Å². The van der Waals surface area contributed by atoms with Crippen molar-refractivity contribution >= 4 is 11.3 Å². The molecule has 2 aromatic heterocycles. The molecule has 102 valence electrons. The molecule has 4 heteroatoms. The lowest BCUT2D eigenvalue weighted by atomic mass is 10.2. The largest absolute Gasteiger partial charge is 0.355 e. The van der Waals surface area contributed by atoms with Crippen LogP contribution in [0.1, 0.15) is 11.3 Å². The van der Waals surface area contributed by atoms with Gasteiger partial charge in [-0.05, 0) is 24.1 Å². The summed E-state index contributed by atoms with van der Waals surface area (Å²) in [6.07, 6.45) is 0. The third kappa shape index (κ3) is 3.15. The summed E-state index contributed by atoms with van der Waals surface area (Å²) in [5, 5.41) is 6.18. The van der Waals surface area contributed by atoms with E-state index in [0.717, 1.165) is 29.4 Å². The molecule has 3 nitrogen and oxygen atoms in total. The molecular formula is C16H16N2OS. The molecule has 0 atom stereocenters. The van der Waals surface area contributed by atoms with Gasteiger partial charge in [-0.1, -0.05) is 41.6 Å². The summed E-state index contributed by atoms with van der Waals surface area (Å²) < 4.78 is 5.39. The third-order valence-corrected chi connectivity index (χ3v) is 3.93. The maximum Gasteiger partial charge on any atom is 0.177 e. The maximum atomic E-state index is 5.39. The molecule has 3 rings (SSSR count). The molecule has 0 aliphatic rings. The minimum absolute atomic E-state index is 0.782. The topological polar surface area (TPSA) is 29.3 Å². The lowest BCUT2D eigenvalue weighted by Gasteiger charge is -2.14. The first-order valence-corrected chi connectivity index (χ1v) is 7.41. The van der Waals surface area contributed by atoms with Crippen LogP contribution < -0.4 is 0 Å². The Balaban J connectivity index is 1.63. The highest BCUT2D eigenvalue weighted by atomic mass is 32.1. The highest BCUT2D eigenvalue weighted by Gasteiger charge is 2.09. The molecule has 0 aliphatic heterocycles. The molecule has 0 spiro atoms. The number of benzene rings is 1. The van der Waals surface area contributed by atoms with Gasteiger partial charge in [-0.2, -0.15) is 0 Å². The van der Waals surface area contributed by atoms with Gasteiger partial charge in [0, 0.05) is 19.2 Å². The Bertz CT molecular complexity index is 646. The zero-order chi connectivity index (χ0) is 13.8. The van der Waals surface area contributed by atoms with Crippen LogP contribution in [0.25, 0.3) is 10.6 Å². The SMILES string of the molecule is CN(Cc1ccccc1)Cc1cc(-c2cccs2)on1. The Labute approximate surface area is 122 Å². The van der Waals surface area contributed by atoms with Gasteiger partial charge in [0.25, 0.3) is 0 Å². The highest BCUT2D eigenvalue weighted by Crippen LogP contribution is 2.25. The van der Waals surface area contributed by atoms with E-state index >= 15 is 0 Å². The van der Waals surface area contributed by atoms with Gasteiger partial charge < -0.3 is 4.52 Å². The first kappa shape index (κ1) is 13.1. The molecule has 0 aliphatic carbocycles. The monoisotopic (exact) mass is 284 g/mol. The Morgan fingerprint density at radius 2 is 1.95 bits per heavy atom. The molecule has 2 heterocycles. The van der Waals surface area contributed by atoms with Gasteiger partial charge in [-0.15, -0.1) is 11.3 Å². The van der Waals surface area contributed by atoms with Crippen LogP contribution >= 0.6 is 11.3 Å². The van der Waals surface area contributed by atoms with E-state index in [1.54, 1.807) is 11.3 Å². The quantitative estimate of drug-likeness (QED) is 0.708. The summed E-state index contributed by atoms with van der Waals surface area (Å²) in [5.74, 6) is 0.850. The van der Waals surface area contributed by atoms with Crippen molar-refractivity contribution in [2.75, 3.05) is 7.05 Å². The summed E-state index contributed by atoms with van der Waals surface area (Å²) in [5.41, 5.74) is 2.27. The van der Waals surface area contributed by atoms with Gasteiger partial charge in [-0.25, -0.2) is 0 Å². The second kappa shape index (κ2) is 6.03. The van der Waals surface area contributed by atoms with Gasteiger partial charge in [0.2, 0.25) is 0 Å². The Kier molecular flexibility index (Phi) is 3.95. The van der Waals surface area contributed by atoms with Gasteiger partial charge in [0.05, 0.1) is 10.6 Å². The van der Waals surface area contributed by atoms with Gasteiger partial charge in [0.15, 0.2) is 5.76 Å². The van der Waals surface area contributed by atoms with Crippen LogP contribution in [0.3, 0.4) is 0 Å². The minimum Gasteiger partial charge on any atom is -0.355 e. The third-order valence-electron chi connectivity index (χ3n) is 3.05. The number of hydrogen-bond donors (Lipinski definition) is 0. The van der Waals surface area contributed by atoms with E-state index in [4.69, 9.17) is 4.52 Å². The number of rotatable bonds is 5. The minimum atomic E-state index is 0.782. The predicted molar refractivity (Wildman–Crippen MR) is 81.4 cm³/mol. The first-order valence-electron chi connectivity index (χ1n) is 6.53. The van der Waals surface area contributed by atoms with Crippen molar-refractivity contribution in [3.8, 4) is 10.6 Å². The number of hydrogen-bond acceptors (Lipinski definition) is 4. The fourth-order valence-electron chi connectivity index (χ4n) is 2.15. The molecule has 20 heavy (non-hydrogen) atoms. The molecule has 0 saturated heterocycles. The zero-order valence-corrected chi connectivity index (χ0v) is 12.1. The van der Waals surface area contributed by atoms with E-state index in [0.29, 0.717) is 0 Å². The zero-order valence-electron chi connectivity index (χ0n) is 11.3. The van der Waals surface area contributed by atoms with Crippen molar-refractivity contribution < 1.29 is 4.52 Å². The molecule has 0 radical (unpaired) electrons. The summed E-state index contributed by atoms with van der Waals surface area (Å²) in [4.78, 5) is 3.35. The molecular weight excluding hydrogens is 268 g/mol. The molecule has 1 aromatic carbocycles.